The minimum absolute atomic E-state index is 0.276. The number of nitrogens with zero attached hydrogens (tertiary/aromatic N) is 4. The van der Waals surface area contributed by atoms with E-state index in [9.17, 15) is 4.79 Å². The Labute approximate surface area is 178 Å². The lowest BCUT2D eigenvalue weighted by atomic mass is 10.2. The van der Waals surface area contributed by atoms with Gasteiger partial charge in [0.25, 0.3) is 0 Å². The standard InChI is InChI=1S/C20H23N5O2S2/c26-20(25-12-10-24(11-13-25)9-5-18-21-8-14-28-18)27-17-3-1-16(2-4-17)15-29-19-22-6-7-23-19/h1-4,6-8,14H,5,9-13,15H2,(H,22,23). The first-order valence-corrected chi connectivity index (χ1v) is 11.4. The first-order chi connectivity index (χ1) is 14.3. The van der Waals surface area contributed by atoms with Gasteiger partial charge in [0.1, 0.15) is 5.75 Å². The summed E-state index contributed by atoms with van der Waals surface area (Å²) in [5.74, 6) is 1.39. The molecule has 0 atom stereocenters. The summed E-state index contributed by atoms with van der Waals surface area (Å²) in [6.45, 7) is 4.09. The molecule has 1 aliphatic rings. The molecule has 9 heteroatoms. The van der Waals surface area contributed by atoms with Crippen molar-refractivity contribution in [1.29, 1.82) is 0 Å². The Morgan fingerprint density at radius 2 is 1.97 bits per heavy atom. The normalized spacial score (nSPS) is 14.8. The Hall–Kier alpha value is -2.36. The van der Waals surface area contributed by atoms with Crippen molar-refractivity contribution in [2.45, 2.75) is 17.3 Å². The molecule has 1 amide bonds. The van der Waals surface area contributed by atoms with E-state index in [1.165, 1.54) is 0 Å². The van der Waals surface area contributed by atoms with Crippen molar-refractivity contribution >= 4 is 29.2 Å². The first-order valence-electron chi connectivity index (χ1n) is 9.55. The number of thiazole rings is 1. The van der Waals surface area contributed by atoms with Crippen LogP contribution in [-0.2, 0) is 12.2 Å². The van der Waals surface area contributed by atoms with E-state index in [0.717, 1.165) is 47.5 Å². The van der Waals surface area contributed by atoms with Gasteiger partial charge in [-0.25, -0.2) is 14.8 Å². The van der Waals surface area contributed by atoms with E-state index in [0.29, 0.717) is 18.8 Å². The molecular weight excluding hydrogens is 406 g/mol. The van der Waals surface area contributed by atoms with Crippen molar-refractivity contribution in [2.24, 2.45) is 0 Å². The number of amides is 1. The van der Waals surface area contributed by atoms with Gasteiger partial charge in [0.15, 0.2) is 5.16 Å². The summed E-state index contributed by atoms with van der Waals surface area (Å²) in [6.07, 6.45) is 6.09. The summed E-state index contributed by atoms with van der Waals surface area (Å²) in [7, 11) is 0. The van der Waals surface area contributed by atoms with Crippen molar-refractivity contribution in [3.05, 3.63) is 58.8 Å². The number of hydrogen-bond acceptors (Lipinski definition) is 7. The molecule has 0 bridgehead atoms. The average molecular weight is 430 g/mol. The number of H-pyrrole nitrogens is 1. The molecule has 4 rings (SSSR count). The molecule has 0 spiro atoms. The molecule has 1 fully saturated rings. The van der Waals surface area contributed by atoms with Gasteiger partial charge in [-0.1, -0.05) is 23.9 Å². The van der Waals surface area contributed by atoms with E-state index < -0.39 is 0 Å². The van der Waals surface area contributed by atoms with E-state index in [4.69, 9.17) is 4.74 Å². The highest BCUT2D eigenvalue weighted by Crippen LogP contribution is 2.21. The molecule has 2 aromatic heterocycles. The zero-order valence-electron chi connectivity index (χ0n) is 16.0. The molecule has 1 aliphatic heterocycles. The molecule has 152 valence electrons. The third kappa shape index (κ3) is 5.81. The van der Waals surface area contributed by atoms with Crippen LogP contribution in [0.1, 0.15) is 10.6 Å². The number of ether oxygens (including phenoxy) is 1. The predicted molar refractivity (Wildman–Crippen MR) is 114 cm³/mol. The number of imidazole rings is 1. The Morgan fingerprint density at radius 3 is 2.66 bits per heavy atom. The number of piperazine rings is 1. The van der Waals surface area contributed by atoms with E-state index in [2.05, 4.69) is 19.9 Å². The van der Waals surface area contributed by atoms with Crippen LogP contribution in [-0.4, -0.2) is 63.6 Å². The van der Waals surface area contributed by atoms with Crippen LogP contribution in [0.5, 0.6) is 5.75 Å². The van der Waals surface area contributed by atoms with Gasteiger partial charge in [-0.05, 0) is 17.7 Å². The maximum absolute atomic E-state index is 12.4. The number of nitrogens with one attached hydrogen (secondary N) is 1. The summed E-state index contributed by atoms with van der Waals surface area (Å²) in [6, 6.07) is 7.66. The molecule has 0 aliphatic carbocycles. The van der Waals surface area contributed by atoms with Gasteiger partial charge < -0.3 is 14.6 Å². The second-order valence-electron chi connectivity index (χ2n) is 6.70. The molecule has 1 aromatic carbocycles. The van der Waals surface area contributed by atoms with Crippen LogP contribution >= 0.6 is 23.1 Å². The minimum atomic E-state index is -0.276. The fourth-order valence-corrected chi connectivity index (χ4v) is 4.48. The number of carbonyl (C=O) groups excluding carboxylic acids is 1. The van der Waals surface area contributed by atoms with E-state index in [1.54, 1.807) is 34.2 Å². The van der Waals surface area contributed by atoms with Crippen LogP contribution in [0.25, 0.3) is 0 Å². The van der Waals surface area contributed by atoms with Gasteiger partial charge in [0, 0.05) is 68.9 Å². The Kier molecular flexibility index (Phi) is 6.81. The topological polar surface area (TPSA) is 74.3 Å². The third-order valence-electron chi connectivity index (χ3n) is 4.73. The summed E-state index contributed by atoms with van der Waals surface area (Å²) >= 11 is 3.33. The van der Waals surface area contributed by atoms with E-state index in [1.807, 2.05) is 42.0 Å². The molecule has 3 aromatic rings. The van der Waals surface area contributed by atoms with Gasteiger partial charge in [0.05, 0.1) is 5.01 Å². The van der Waals surface area contributed by atoms with Crippen LogP contribution in [0.2, 0.25) is 0 Å². The molecule has 7 nitrogen and oxygen atoms in total. The molecule has 0 radical (unpaired) electrons. The number of rotatable bonds is 7. The van der Waals surface area contributed by atoms with Gasteiger partial charge in [-0.3, -0.25) is 4.90 Å². The Balaban J connectivity index is 1.19. The fourth-order valence-electron chi connectivity index (χ4n) is 3.08. The smallest absolute Gasteiger partial charge is 0.410 e. The first kappa shape index (κ1) is 19.9. The van der Waals surface area contributed by atoms with Crippen LogP contribution in [0, 0.1) is 0 Å². The van der Waals surface area contributed by atoms with Crippen molar-refractivity contribution < 1.29 is 9.53 Å². The SMILES string of the molecule is O=C(Oc1ccc(CSc2ncc[nH]2)cc1)N1CCN(CCc2nccs2)CC1. The lowest BCUT2D eigenvalue weighted by Crippen LogP contribution is -2.49. The Bertz CT molecular complexity index is 876. The van der Waals surface area contributed by atoms with Gasteiger partial charge in [-0.2, -0.15) is 0 Å². The van der Waals surface area contributed by atoms with Gasteiger partial charge in [0.2, 0.25) is 0 Å². The molecule has 0 unspecified atom stereocenters. The number of thioether (sulfide) groups is 1. The second-order valence-corrected chi connectivity index (χ2v) is 8.64. The summed E-state index contributed by atoms with van der Waals surface area (Å²) in [4.78, 5) is 28.2. The van der Waals surface area contributed by atoms with Crippen molar-refractivity contribution in [3.63, 3.8) is 0 Å². The van der Waals surface area contributed by atoms with Crippen LogP contribution in [0.3, 0.4) is 0 Å². The number of carbonyl (C=O) groups is 1. The highest BCUT2D eigenvalue weighted by molar-refractivity contribution is 7.98. The monoisotopic (exact) mass is 429 g/mol. The van der Waals surface area contributed by atoms with Crippen LogP contribution in [0.15, 0.2) is 53.4 Å². The number of aromatic amines is 1. The zero-order valence-corrected chi connectivity index (χ0v) is 17.6. The maximum atomic E-state index is 12.4. The summed E-state index contributed by atoms with van der Waals surface area (Å²) in [5.41, 5.74) is 1.15. The number of hydrogen-bond donors (Lipinski definition) is 1. The van der Waals surface area contributed by atoms with Crippen molar-refractivity contribution in [3.8, 4) is 5.75 Å². The zero-order chi connectivity index (χ0) is 19.9. The third-order valence-corrected chi connectivity index (χ3v) is 6.55. The largest absolute Gasteiger partial charge is 0.415 e. The Morgan fingerprint density at radius 1 is 1.14 bits per heavy atom. The molecule has 0 saturated carbocycles. The average Bonchev–Trinajstić information content (AvgIpc) is 3.46. The van der Waals surface area contributed by atoms with Gasteiger partial charge in [-0.15, -0.1) is 11.3 Å². The lowest BCUT2D eigenvalue weighted by Gasteiger charge is -2.33. The summed E-state index contributed by atoms with van der Waals surface area (Å²) in [5, 5.41) is 4.07. The fraction of sp³-hybridized carbons (Fsp3) is 0.350. The maximum Gasteiger partial charge on any atom is 0.415 e. The molecule has 29 heavy (non-hydrogen) atoms. The molecule has 1 saturated heterocycles. The predicted octanol–water partition coefficient (Wildman–Crippen LogP) is 3.52. The van der Waals surface area contributed by atoms with Crippen molar-refractivity contribution in [1.82, 2.24) is 24.8 Å². The number of aromatic nitrogens is 3. The quantitative estimate of drug-likeness (QED) is 0.580. The molecular formula is C20H23N5O2S2. The highest BCUT2D eigenvalue weighted by atomic mass is 32.2. The summed E-state index contributed by atoms with van der Waals surface area (Å²) < 4.78 is 5.55. The van der Waals surface area contributed by atoms with Gasteiger partial charge >= 0.3 is 6.09 Å². The lowest BCUT2D eigenvalue weighted by molar-refractivity contribution is 0.111. The van der Waals surface area contributed by atoms with E-state index >= 15 is 0 Å². The van der Waals surface area contributed by atoms with Crippen molar-refractivity contribution in [2.75, 3.05) is 32.7 Å². The second kappa shape index (κ2) is 9.91. The number of benzene rings is 1. The molecule has 1 N–H and O–H groups in total. The van der Waals surface area contributed by atoms with Crippen LogP contribution < -0.4 is 4.74 Å². The highest BCUT2D eigenvalue weighted by Gasteiger charge is 2.22. The van der Waals surface area contributed by atoms with Crippen LogP contribution in [0.4, 0.5) is 4.79 Å². The molecule has 3 heterocycles. The minimum Gasteiger partial charge on any atom is -0.410 e. The van der Waals surface area contributed by atoms with E-state index in [-0.39, 0.29) is 6.09 Å².